The topological polar surface area (TPSA) is 55.8 Å². The maximum absolute atomic E-state index is 12.0. The largest absolute Gasteiger partial charge is 0.455 e. The number of carbonyl (C=O) groups excluding carboxylic acids is 1. The normalized spacial score (nSPS) is 45.0. The molecule has 5 atom stereocenters. The second-order valence-corrected chi connectivity index (χ2v) is 7.72. The van der Waals surface area contributed by atoms with E-state index in [4.69, 9.17) is 9.47 Å². The molecule has 24 heavy (non-hydrogen) atoms. The van der Waals surface area contributed by atoms with E-state index in [0.29, 0.717) is 18.4 Å². The average molecular weight is 332 g/mol. The van der Waals surface area contributed by atoms with Crippen molar-refractivity contribution < 1.29 is 19.4 Å². The summed E-state index contributed by atoms with van der Waals surface area (Å²) in [5.74, 6) is -0.398. The van der Waals surface area contributed by atoms with Crippen molar-refractivity contribution in [2.75, 3.05) is 0 Å². The van der Waals surface area contributed by atoms with Crippen molar-refractivity contribution in [1.82, 2.24) is 0 Å². The predicted octanol–water partition coefficient (Wildman–Crippen LogP) is 3.46. The van der Waals surface area contributed by atoms with Gasteiger partial charge in [0.15, 0.2) is 0 Å². The quantitative estimate of drug-likeness (QED) is 0.419. The molecule has 3 rings (SSSR count). The van der Waals surface area contributed by atoms with Gasteiger partial charge < -0.3 is 14.6 Å². The minimum absolute atomic E-state index is 0.0729. The van der Waals surface area contributed by atoms with E-state index < -0.39 is 5.60 Å². The van der Waals surface area contributed by atoms with Gasteiger partial charge in [-0.05, 0) is 58.4 Å². The van der Waals surface area contributed by atoms with E-state index >= 15 is 0 Å². The third-order valence-corrected chi connectivity index (χ3v) is 5.72. The SMILES string of the molecule is C=C1C(=O)O[C@H]2[C@@H]3O[C@@H](C[C@@H]12)[C@@](C)(O)CC/C=C(/C)CC/C=C\3C. The van der Waals surface area contributed by atoms with Crippen molar-refractivity contribution in [3.63, 3.8) is 0 Å². The molecule has 0 saturated carbocycles. The summed E-state index contributed by atoms with van der Waals surface area (Å²) in [5.41, 5.74) is 2.00. The van der Waals surface area contributed by atoms with Crippen molar-refractivity contribution in [3.8, 4) is 0 Å². The Labute approximate surface area is 144 Å². The Morgan fingerprint density at radius 2 is 2.04 bits per heavy atom. The lowest BCUT2D eigenvalue weighted by Gasteiger charge is -2.43. The van der Waals surface area contributed by atoms with Gasteiger partial charge in [-0.1, -0.05) is 24.3 Å². The molecule has 0 amide bonds. The number of hydrogen-bond donors (Lipinski definition) is 1. The van der Waals surface area contributed by atoms with Crippen LogP contribution in [0.3, 0.4) is 0 Å². The summed E-state index contributed by atoms with van der Waals surface area (Å²) < 4.78 is 11.8. The molecule has 0 aliphatic carbocycles. The minimum Gasteiger partial charge on any atom is -0.455 e. The number of rotatable bonds is 0. The number of hydrogen-bond acceptors (Lipinski definition) is 4. The van der Waals surface area contributed by atoms with Gasteiger partial charge in [0.1, 0.15) is 12.2 Å². The van der Waals surface area contributed by atoms with Gasteiger partial charge in [-0.25, -0.2) is 4.79 Å². The third kappa shape index (κ3) is 3.22. The lowest BCUT2D eigenvalue weighted by molar-refractivity contribution is -0.186. The lowest BCUT2D eigenvalue weighted by atomic mass is 9.78. The van der Waals surface area contributed by atoms with Gasteiger partial charge in [0.25, 0.3) is 0 Å². The van der Waals surface area contributed by atoms with Crippen LogP contribution in [0, 0.1) is 5.92 Å². The van der Waals surface area contributed by atoms with Crippen LogP contribution in [0.25, 0.3) is 0 Å². The number of fused-ring (bicyclic) bond motifs is 4. The smallest absolute Gasteiger partial charge is 0.334 e. The third-order valence-electron chi connectivity index (χ3n) is 5.72. The number of esters is 1. The second-order valence-electron chi connectivity index (χ2n) is 7.72. The van der Waals surface area contributed by atoms with Crippen LogP contribution in [-0.2, 0) is 14.3 Å². The van der Waals surface area contributed by atoms with E-state index in [9.17, 15) is 9.90 Å². The van der Waals surface area contributed by atoms with E-state index in [0.717, 1.165) is 24.8 Å². The Morgan fingerprint density at radius 1 is 1.29 bits per heavy atom. The molecule has 0 unspecified atom stereocenters. The van der Waals surface area contributed by atoms with E-state index in [1.165, 1.54) is 5.57 Å². The lowest BCUT2D eigenvalue weighted by Crippen LogP contribution is -2.52. The first kappa shape index (κ1) is 17.4. The van der Waals surface area contributed by atoms with Gasteiger partial charge in [0.2, 0.25) is 0 Å². The first-order chi connectivity index (χ1) is 11.3. The van der Waals surface area contributed by atoms with Crippen LogP contribution >= 0.6 is 0 Å². The second kappa shape index (κ2) is 6.49. The summed E-state index contributed by atoms with van der Waals surface area (Å²) in [5, 5.41) is 11.0. The number of ether oxygens (including phenoxy) is 2. The maximum Gasteiger partial charge on any atom is 0.334 e. The number of allylic oxidation sites excluding steroid dienone is 3. The van der Waals surface area contributed by atoms with Gasteiger partial charge >= 0.3 is 5.97 Å². The van der Waals surface area contributed by atoms with Gasteiger partial charge in [-0.15, -0.1) is 0 Å². The summed E-state index contributed by atoms with van der Waals surface area (Å²) in [7, 11) is 0. The van der Waals surface area contributed by atoms with E-state index in [2.05, 4.69) is 25.7 Å². The Balaban J connectivity index is 1.95. The molecular formula is C20H28O4. The average Bonchev–Trinajstić information content (AvgIpc) is 2.80. The molecule has 1 N–H and O–H groups in total. The highest BCUT2D eigenvalue weighted by Crippen LogP contribution is 2.43. The van der Waals surface area contributed by atoms with Gasteiger partial charge in [0.05, 0.1) is 11.7 Å². The molecule has 3 heterocycles. The summed E-state index contributed by atoms with van der Waals surface area (Å²) >= 11 is 0. The van der Waals surface area contributed by atoms with E-state index in [1.807, 2.05) is 13.8 Å². The molecule has 0 radical (unpaired) electrons. The van der Waals surface area contributed by atoms with E-state index in [-0.39, 0.29) is 30.2 Å². The van der Waals surface area contributed by atoms with Crippen molar-refractivity contribution >= 4 is 5.97 Å². The fraction of sp³-hybridized carbons (Fsp3) is 0.650. The molecule has 0 aromatic rings. The Morgan fingerprint density at radius 3 is 2.79 bits per heavy atom. The van der Waals surface area contributed by atoms with E-state index in [1.54, 1.807) is 0 Å². The molecule has 0 spiro atoms. The first-order valence-electron chi connectivity index (χ1n) is 8.89. The zero-order valence-corrected chi connectivity index (χ0v) is 14.9. The van der Waals surface area contributed by atoms with Crippen molar-refractivity contribution in [2.45, 2.75) is 76.8 Å². The molecule has 2 fully saturated rings. The molecular weight excluding hydrogens is 304 g/mol. The standard InChI is InChI=1S/C20H28O4/c1-12-7-5-9-13(2)17-18-15(14(3)19(21)24-18)11-16(23-17)20(4,22)10-6-8-12/h8-9,15-18,22H,3,5-7,10-11H2,1-2,4H3/b12-8-,13-9-/t15-,16-,17+,18+,20-/m0/s1. The summed E-state index contributed by atoms with van der Waals surface area (Å²) in [4.78, 5) is 12.0. The molecule has 4 heteroatoms. The Kier molecular flexibility index (Phi) is 4.71. The van der Waals surface area contributed by atoms with Gasteiger partial charge in [-0.3, -0.25) is 0 Å². The van der Waals surface area contributed by atoms with Crippen molar-refractivity contribution in [3.05, 3.63) is 35.5 Å². The van der Waals surface area contributed by atoms with Gasteiger partial charge in [0, 0.05) is 11.5 Å². The van der Waals surface area contributed by atoms with Crippen LogP contribution in [0.4, 0.5) is 0 Å². The number of carbonyl (C=O) groups is 1. The zero-order valence-electron chi connectivity index (χ0n) is 14.9. The van der Waals surface area contributed by atoms with Gasteiger partial charge in [-0.2, -0.15) is 0 Å². The monoisotopic (exact) mass is 332 g/mol. The summed E-state index contributed by atoms with van der Waals surface area (Å²) in [6, 6.07) is 0. The zero-order chi connectivity index (χ0) is 17.5. The Hall–Kier alpha value is -1.39. The molecule has 3 aliphatic rings. The fourth-order valence-electron chi connectivity index (χ4n) is 4.01. The highest BCUT2D eigenvalue weighted by Gasteiger charge is 2.52. The fourth-order valence-corrected chi connectivity index (χ4v) is 4.01. The maximum atomic E-state index is 12.0. The molecule has 2 saturated heterocycles. The Bertz CT molecular complexity index is 599. The molecule has 2 bridgehead atoms. The molecule has 132 valence electrons. The first-order valence-corrected chi connectivity index (χ1v) is 8.89. The van der Waals surface area contributed by atoms with Crippen LogP contribution in [0.5, 0.6) is 0 Å². The summed E-state index contributed by atoms with van der Waals surface area (Å²) in [6.07, 6.45) is 7.44. The van der Waals surface area contributed by atoms with Crippen molar-refractivity contribution in [1.29, 1.82) is 0 Å². The summed E-state index contributed by atoms with van der Waals surface area (Å²) in [6.45, 7) is 9.92. The minimum atomic E-state index is -0.939. The van der Waals surface area contributed by atoms with Crippen LogP contribution < -0.4 is 0 Å². The van der Waals surface area contributed by atoms with Crippen LogP contribution in [-0.4, -0.2) is 35.0 Å². The van der Waals surface area contributed by atoms with Crippen molar-refractivity contribution in [2.24, 2.45) is 5.92 Å². The molecule has 0 aromatic heterocycles. The highest BCUT2D eigenvalue weighted by atomic mass is 16.6. The highest BCUT2D eigenvalue weighted by molar-refractivity contribution is 5.91. The molecule has 4 nitrogen and oxygen atoms in total. The predicted molar refractivity (Wildman–Crippen MR) is 92.4 cm³/mol. The molecule has 3 aliphatic heterocycles. The van der Waals surface area contributed by atoms with Crippen LogP contribution in [0.1, 0.15) is 52.9 Å². The van der Waals surface area contributed by atoms with Crippen LogP contribution in [0.2, 0.25) is 0 Å². The molecule has 0 aromatic carbocycles. The van der Waals surface area contributed by atoms with Crippen LogP contribution in [0.15, 0.2) is 35.5 Å². The number of aliphatic hydroxyl groups is 1.